The van der Waals surface area contributed by atoms with Crippen LogP contribution in [0, 0.1) is 0 Å². The molecule has 0 radical (unpaired) electrons. The summed E-state index contributed by atoms with van der Waals surface area (Å²) in [6, 6.07) is 5.97. The molecule has 0 bridgehead atoms. The number of hydrogen-bond donors (Lipinski definition) is 2. The maximum absolute atomic E-state index is 12.1. The van der Waals surface area contributed by atoms with Crippen LogP contribution in [0.3, 0.4) is 0 Å². The summed E-state index contributed by atoms with van der Waals surface area (Å²) in [5.74, 6) is 0. The van der Waals surface area contributed by atoms with Gasteiger partial charge in [-0.2, -0.15) is 0 Å². The predicted molar refractivity (Wildman–Crippen MR) is 85.3 cm³/mol. The molecule has 2 atom stereocenters. The Hall–Kier alpha value is -1.07. The van der Waals surface area contributed by atoms with Crippen LogP contribution in [0.4, 0.5) is 4.79 Å². The number of aliphatic hydroxyl groups is 1. The number of rotatable bonds is 2. The molecule has 0 fully saturated rings. The third kappa shape index (κ3) is 3.58. The lowest BCUT2D eigenvalue weighted by Gasteiger charge is -2.34. The largest absolute Gasteiger partial charge is 0.444 e. The zero-order valence-corrected chi connectivity index (χ0v) is 14.5. The first-order chi connectivity index (χ1) is 9.63. The van der Waals surface area contributed by atoms with Gasteiger partial charge in [-0.1, -0.05) is 28.1 Å². The zero-order valence-electron chi connectivity index (χ0n) is 12.9. The van der Waals surface area contributed by atoms with Crippen molar-refractivity contribution >= 4 is 22.0 Å². The summed E-state index contributed by atoms with van der Waals surface area (Å²) in [4.78, 5) is 12.1. The van der Waals surface area contributed by atoms with E-state index in [1.54, 1.807) is 6.92 Å². The first kappa shape index (κ1) is 16.3. The van der Waals surface area contributed by atoms with Crippen LogP contribution in [0.15, 0.2) is 22.7 Å². The Kier molecular flexibility index (Phi) is 4.36. The van der Waals surface area contributed by atoms with E-state index in [1.165, 1.54) is 0 Å². The summed E-state index contributed by atoms with van der Waals surface area (Å²) in [7, 11) is 0. The highest BCUT2D eigenvalue weighted by Gasteiger charge is 2.44. The van der Waals surface area contributed by atoms with Crippen molar-refractivity contribution in [1.82, 2.24) is 5.32 Å². The highest BCUT2D eigenvalue weighted by molar-refractivity contribution is 9.10. The minimum atomic E-state index is -0.714. The van der Waals surface area contributed by atoms with E-state index in [0.717, 1.165) is 15.6 Å². The molecular weight excluding hydrogens is 334 g/mol. The first-order valence-corrected chi connectivity index (χ1v) is 7.88. The second-order valence-corrected chi connectivity index (χ2v) is 7.54. The number of amides is 1. The van der Waals surface area contributed by atoms with E-state index < -0.39 is 23.3 Å². The van der Waals surface area contributed by atoms with Gasteiger partial charge in [0.2, 0.25) is 0 Å². The van der Waals surface area contributed by atoms with E-state index in [4.69, 9.17) is 4.74 Å². The Morgan fingerprint density at radius 2 is 2.10 bits per heavy atom. The number of alkyl carbamates (subject to hydrolysis) is 1. The molecule has 2 N–H and O–H groups in total. The molecule has 2 rings (SSSR count). The van der Waals surface area contributed by atoms with Crippen molar-refractivity contribution in [3.63, 3.8) is 0 Å². The first-order valence-electron chi connectivity index (χ1n) is 7.08. The fourth-order valence-electron chi connectivity index (χ4n) is 2.68. The number of aliphatic hydroxyl groups excluding tert-OH is 1. The van der Waals surface area contributed by atoms with Crippen LogP contribution in [-0.2, 0) is 17.6 Å². The summed E-state index contributed by atoms with van der Waals surface area (Å²) in [6.07, 6.45) is 0.0101. The van der Waals surface area contributed by atoms with Crippen LogP contribution in [0.5, 0.6) is 0 Å². The third-order valence-electron chi connectivity index (χ3n) is 3.76. The summed E-state index contributed by atoms with van der Waals surface area (Å²) in [5, 5.41) is 13.1. The average Bonchev–Trinajstić information content (AvgIpc) is 2.67. The number of ether oxygens (including phenoxy) is 1. The molecule has 1 amide bonds. The van der Waals surface area contributed by atoms with E-state index in [0.29, 0.717) is 12.8 Å². The number of hydrogen-bond acceptors (Lipinski definition) is 3. The molecule has 21 heavy (non-hydrogen) atoms. The number of carbonyl (C=O) groups is 1. The third-order valence-corrected chi connectivity index (χ3v) is 4.51. The summed E-state index contributed by atoms with van der Waals surface area (Å²) in [6.45, 7) is 7.17. The fourth-order valence-corrected chi connectivity index (χ4v) is 3.23. The topological polar surface area (TPSA) is 58.6 Å². The molecule has 0 aromatic heterocycles. The van der Waals surface area contributed by atoms with Crippen molar-refractivity contribution in [1.29, 1.82) is 0 Å². The molecular formula is C16H22BrNO3. The van der Waals surface area contributed by atoms with E-state index in [-0.39, 0.29) is 0 Å². The molecule has 1 aromatic carbocycles. The lowest BCUT2D eigenvalue weighted by atomic mass is 9.90. The van der Waals surface area contributed by atoms with Crippen molar-refractivity contribution in [3.05, 3.63) is 33.8 Å². The molecule has 1 aliphatic rings. The number of benzene rings is 1. The van der Waals surface area contributed by atoms with Gasteiger partial charge in [0, 0.05) is 4.47 Å². The number of fused-ring (bicyclic) bond motifs is 1. The Morgan fingerprint density at radius 3 is 2.62 bits per heavy atom. The van der Waals surface area contributed by atoms with Crippen molar-refractivity contribution in [3.8, 4) is 0 Å². The normalized spacial score (nSPS) is 22.6. The predicted octanol–water partition coefficient (Wildman–Crippen LogP) is 3.19. The van der Waals surface area contributed by atoms with E-state index in [2.05, 4.69) is 21.2 Å². The van der Waals surface area contributed by atoms with Crippen molar-refractivity contribution in [2.24, 2.45) is 0 Å². The van der Waals surface area contributed by atoms with Crippen molar-refractivity contribution in [2.45, 2.75) is 57.8 Å². The van der Waals surface area contributed by atoms with Gasteiger partial charge in [0.1, 0.15) is 5.60 Å². The van der Waals surface area contributed by atoms with Gasteiger partial charge in [0.25, 0.3) is 0 Å². The van der Waals surface area contributed by atoms with E-state index >= 15 is 0 Å². The Morgan fingerprint density at radius 1 is 1.43 bits per heavy atom. The highest BCUT2D eigenvalue weighted by Crippen LogP contribution is 2.36. The average molecular weight is 356 g/mol. The Bertz CT molecular complexity index is 551. The Balaban J connectivity index is 2.22. The standard InChI is InChI=1S/C16H22BrNO3/c1-10(19)16(18-14(20)21-15(2,3)4)8-11-6-5-7-13(17)12(11)9-16/h5-7,10,19H,8-9H2,1-4H3,(H,18,20)/t10-,16-/m1/s1. The van der Waals surface area contributed by atoms with Gasteiger partial charge in [-0.15, -0.1) is 0 Å². The lowest BCUT2D eigenvalue weighted by molar-refractivity contribution is 0.0276. The van der Waals surface area contributed by atoms with E-state index in [9.17, 15) is 9.90 Å². The second-order valence-electron chi connectivity index (χ2n) is 6.69. The lowest BCUT2D eigenvalue weighted by Crippen LogP contribution is -2.57. The van der Waals surface area contributed by atoms with Gasteiger partial charge in [-0.25, -0.2) is 4.79 Å². The SMILES string of the molecule is C[C@@H](O)[C@@]1(NC(=O)OC(C)(C)C)Cc2cccc(Br)c2C1. The maximum Gasteiger partial charge on any atom is 0.408 e. The molecule has 0 aliphatic heterocycles. The van der Waals surface area contributed by atoms with Gasteiger partial charge in [0.05, 0.1) is 11.6 Å². The van der Waals surface area contributed by atoms with Crippen LogP contribution in [0.25, 0.3) is 0 Å². The molecule has 1 aliphatic carbocycles. The van der Waals surface area contributed by atoms with Gasteiger partial charge >= 0.3 is 6.09 Å². The maximum atomic E-state index is 12.1. The molecule has 4 nitrogen and oxygen atoms in total. The molecule has 5 heteroatoms. The number of carbonyl (C=O) groups excluding carboxylic acids is 1. The molecule has 0 unspecified atom stereocenters. The second kappa shape index (κ2) is 5.61. The van der Waals surface area contributed by atoms with Gasteiger partial charge in [0.15, 0.2) is 0 Å². The monoisotopic (exact) mass is 355 g/mol. The van der Waals surface area contributed by atoms with Gasteiger partial charge < -0.3 is 15.2 Å². The van der Waals surface area contributed by atoms with E-state index in [1.807, 2.05) is 39.0 Å². The quantitative estimate of drug-likeness (QED) is 0.856. The van der Waals surface area contributed by atoms with Crippen LogP contribution in [-0.4, -0.2) is 28.4 Å². The molecule has 0 spiro atoms. The Labute approximate surface area is 134 Å². The van der Waals surface area contributed by atoms with Crippen LogP contribution < -0.4 is 5.32 Å². The minimum absolute atomic E-state index is 0.493. The smallest absolute Gasteiger partial charge is 0.408 e. The fraction of sp³-hybridized carbons (Fsp3) is 0.562. The number of halogens is 1. The number of nitrogens with one attached hydrogen (secondary N) is 1. The summed E-state index contributed by atoms with van der Waals surface area (Å²) < 4.78 is 6.34. The zero-order chi connectivity index (χ0) is 15.8. The van der Waals surface area contributed by atoms with Crippen molar-refractivity contribution < 1.29 is 14.6 Å². The van der Waals surface area contributed by atoms with Crippen LogP contribution >= 0.6 is 15.9 Å². The van der Waals surface area contributed by atoms with Crippen LogP contribution in [0.2, 0.25) is 0 Å². The van der Waals surface area contributed by atoms with Gasteiger partial charge in [-0.3, -0.25) is 0 Å². The molecule has 0 saturated carbocycles. The molecule has 0 heterocycles. The van der Waals surface area contributed by atoms with Crippen molar-refractivity contribution in [2.75, 3.05) is 0 Å². The minimum Gasteiger partial charge on any atom is -0.444 e. The van der Waals surface area contributed by atoms with Gasteiger partial charge in [-0.05, 0) is 57.7 Å². The molecule has 116 valence electrons. The summed E-state index contributed by atoms with van der Waals surface area (Å²) in [5.41, 5.74) is 1.00. The summed E-state index contributed by atoms with van der Waals surface area (Å²) >= 11 is 3.54. The van der Waals surface area contributed by atoms with Crippen LogP contribution in [0.1, 0.15) is 38.8 Å². The molecule has 0 saturated heterocycles. The molecule has 1 aromatic rings. The highest BCUT2D eigenvalue weighted by atomic mass is 79.9.